The van der Waals surface area contributed by atoms with E-state index in [0.29, 0.717) is 5.82 Å². The van der Waals surface area contributed by atoms with E-state index in [1.54, 1.807) is 6.07 Å². The van der Waals surface area contributed by atoms with Crippen molar-refractivity contribution in [1.29, 1.82) is 0 Å². The minimum Gasteiger partial charge on any atom is -0.373 e. The molecular weight excluding hydrogens is 229 g/mol. The van der Waals surface area contributed by atoms with Crippen LogP contribution in [0.25, 0.3) is 11.3 Å². The van der Waals surface area contributed by atoms with E-state index in [2.05, 4.69) is 15.3 Å². The van der Waals surface area contributed by atoms with Crippen LogP contribution in [0.15, 0.2) is 18.2 Å². The number of rotatable bonds is 2. The first-order valence-electron chi connectivity index (χ1n) is 5.82. The molecule has 3 nitrogen and oxygen atoms in total. The number of aryl methyl sites for hydroxylation is 2. The topological polar surface area (TPSA) is 37.8 Å². The lowest BCUT2D eigenvalue weighted by molar-refractivity contribution is 0.627. The van der Waals surface area contributed by atoms with Gasteiger partial charge < -0.3 is 5.32 Å². The predicted molar refractivity (Wildman–Crippen MR) is 71.2 cm³/mol. The third kappa shape index (κ3) is 2.18. The molecule has 0 aliphatic heterocycles. The maximum absolute atomic E-state index is 13.1. The number of hydrogen-bond donors (Lipinski definition) is 1. The van der Waals surface area contributed by atoms with Crippen molar-refractivity contribution in [3.8, 4) is 11.3 Å². The number of aromatic nitrogens is 2. The normalized spacial score (nSPS) is 10.5. The van der Waals surface area contributed by atoms with Gasteiger partial charge in [-0.25, -0.2) is 14.4 Å². The third-order valence-corrected chi connectivity index (χ3v) is 2.94. The lowest BCUT2D eigenvalue weighted by Crippen LogP contribution is -2.03. The molecular formula is C14H16FN3. The zero-order chi connectivity index (χ0) is 13.3. The quantitative estimate of drug-likeness (QED) is 0.882. The smallest absolute Gasteiger partial charge is 0.132 e. The molecule has 0 unspecified atom stereocenters. The second-order valence-electron chi connectivity index (χ2n) is 4.30. The van der Waals surface area contributed by atoms with E-state index in [1.807, 2.05) is 27.8 Å². The maximum atomic E-state index is 13.1. The van der Waals surface area contributed by atoms with E-state index in [-0.39, 0.29) is 5.82 Å². The highest BCUT2D eigenvalue weighted by Gasteiger charge is 2.12. The molecule has 1 N–H and O–H groups in total. The summed E-state index contributed by atoms with van der Waals surface area (Å²) in [5.74, 6) is 1.28. The first kappa shape index (κ1) is 12.5. The Bertz CT molecular complexity index is 594. The van der Waals surface area contributed by atoms with Gasteiger partial charge in [-0.15, -0.1) is 0 Å². The largest absolute Gasteiger partial charge is 0.373 e. The first-order valence-corrected chi connectivity index (χ1v) is 5.82. The van der Waals surface area contributed by atoms with E-state index in [1.165, 1.54) is 12.1 Å². The second kappa shape index (κ2) is 4.72. The molecule has 2 rings (SSSR count). The molecule has 0 spiro atoms. The van der Waals surface area contributed by atoms with Crippen molar-refractivity contribution in [3.05, 3.63) is 41.0 Å². The zero-order valence-electron chi connectivity index (χ0n) is 11.0. The van der Waals surface area contributed by atoms with E-state index >= 15 is 0 Å². The summed E-state index contributed by atoms with van der Waals surface area (Å²) in [6.07, 6.45) is 0. The fourth-order valence-corrected chi connectivity index (χ4v) is 2.03. The van der Waals surface area contributed by atoms with Crippen molar-refractivity contribution >= 4 is 5.82 Å². The Morgan fingerprint density at radius 2 is 1.83 bits per heavy atom. The van der Waals surface area contributed by atoms with Gasteiger partial charge in [0.15, 0.2) is 0 Å². The van der Waals surface area contributed by atoms with Gasteiger partial charge in [0.05, 0.1) is 5.69 Å². The Morgan fingerprint density at radius 1 is 1.11 bits per heavy atom. The number of hydrogen-bond acceptors (Lipinski definition) is 3. The van der Waals surface area contributed by atoms with Crippen LogP contribution in [0.3, 0.4) is 0 Å². The van der Waals surface area contributed by atoms with Crippen LogP contribution in [0.5, 0.6) is 0 Å². The molecule has 18 heavy (non-hydrogen) atoms. The van der Waals surface area contributed by atoms with Gasteiger partial charge in [0.2, 0.25) is 0 Å². The van der Waals surface area contributed by atoms with Crippen LogP contribution in [0.4, 0.5) is 10.2 Å². The average molecular weight is 245 g/mol. The van der Waals surface area contributed by atoms with Gasteiger partial charge in [0.1, 0.15) is 17.5 Å². The summed E-state index contributed by atoms with van der Waals surface area (Å²) in [7, 11) is 1.83. The zero-order valence-corrected chi connectivity index (χ0v) is 11.0. The van der Waals surface area contributed by atoms with Crippen molar-refractivity contribution in [3.63, 3.8) is 0 Å². The van der Waals surface area contributed by atoms with Crippen LogP contribution < -0.4 is 5.32 Å². The highest BCUT2D eigenvalue weighted by atomic mass is 19.1. The van der Waals surface area contributed by atoms with Gasteiger partial charge in [0, 0.05) is 18.2 Å². The van der Waals surface area contributed by atoms with Crippen molar-refractivity contribution in [2.24, 2.45) is 0 Å². The Balaban J connectivity index is 2.67. The molecule has 0 saturated carbocycles. The lowest BCUT2D eigenvalue weighted by atomic mass is 10.0. The van der Waals surface area contributed by atoms with Gasteiger partial charge in [-0.1, -0.05) is 0 Å². The van der Waals surface area contributed by atoms with Crippen LogP contribution in [0, 0.1) is 26.6 Å². The number of nitrogens with one attached hydrogen (secondary N) is 1. The Morgan fingerprint density at radius 3 is 2.44 bits per heavy atom. The maximum Gasteiger partial charge on any atom is 0.132 e. The fraction of sp³-hybridized carbons (Fsp3) is 0.286. The van der Waals surface area contributed by atoms with Gasteiger partial charge >= 0.3 is 0 Å². The minimum absolute atomic E-state index is 0.228. The van der Waals surface area contributed by atoms with Crippen molar-refractivity contribution in [2.75, 3.05) is 12.4 Å². The van der Waals surface area contributed by atoms with Gasteiger partial charge in [-0.3, -0.25) is 0 Å². The molecule has 0 atom stereocenters. The summed E-state index contributed by atoms with van der Waals surface area (Å²) >= 11 is 0. The summed E-state index contributed by atoms with van der Waals surface area (Å²) in [5, 5.41) is 3.05. The molecule has 0 fully saturated rings. The minimum atomic E-state index is -0.228. The predicted octanol–water partition coefficient (Wildman–Crippen LogP) is 3.25. The molecule has 2 aromatic rings. The molecule has 1 heterocycles. The van der Waals surface area contributed by atoms with E-state index in [9.17, 15) is 4.39 Å². The number of halogens is 1. The molecule has 0 saturated heterocycles. The molecule has 0 amide bonds. The van der Waals surface area contributed by atoms with Crippen LogP contribution >= 0.6 is 0 Å². The lowest BCUT2D eigenvalue weighted by Gasteiger charge is -2.12. The third-order valence-electron chi connectivity index (χ3n) is 2.94. The highest BCUT2D eigenvalue weighted by Crippen LogP contribution is 2.28. The fourth-order valence-electron chi connectivity index (χ4n) is 2.03. The molecule has 0 aliphatic carbocycles. The van der Waals surface area contributed by atoms with Crippen LogP contribution in [0.1, 0.15) is 17.0 Å². The van der Waals surface area contributed by atoms with E-state index in [0.717, 1.165) is 28.2 Å². The molecule has 0 aliphatic rings. The number of anilines is 1. The van der Waals surface area contributed by atoms with E-state index in [4.69, 9.17) is 0 Å². The standard InChI is InChI=1S/C14H16FN3/c1-8-7-11(15)5-6-12(8)13-9(2)14(16-4)18-10(3)17-13/h5-7H,1-4H3,(H,16,17,18). The Kier molecular flexibility index (Phi) is 3.28. The molecule has 4 heteroatoms. The Labute approximate surface area is 106 Å². The summed E-state index contributed by atoms with van der Waals surface area (Å²) in [5.41, 5.74) is 3.64. The molecule has 1 aromatic carbocycles. The van der Waals surface area contributed by atoms with Crippen LogP contribution in [-0.2, 0) is 0 Å². The summed E-state index contributed by atoms with van der Waals surface area (Å²) < 4.78 is 13.1. The molecule has 0 radical (unpaired) electrons. The van der Waals surface area contributed by atoms with E-state index < -0.39 is 0 Å². The monoisotopic (exact) mass is 245 g/mol. The molecule has 1 aromatic heterocycles. The van der Waals surface area contributed by atoms with Gasteiger partial charge in [0.25, 0.3) is 0 Å². The Hall–Kier alpha value is -1.97. The second-order valence-corrected chi connectivity index (χ2v) is 4.30. The number of benzene rings is 1. The van der Waals surface area contributed by atoms with Crippen molar-refractivity contribution in [2.45, 2.75) is 20.8 Å². The van der Waals surface area contributed by atoms with Crippen LogP contribution in [-0.4, -0.2) is 17.0 Å². The summed E-state index contributed by atoms with van der Waals surface area (Å²) in [6.45, 7) is 5.69. The van der Waals surface area contributed by atoms with Gasteiger partial charge in [-0.05, 0) is 44.5 Å². The number of nitrogens with zero attached hydrogens (tertiary/aromatic N) is 2. The summed E-state index contributed by atoms with van der Waals surface area (Å²) in [6, 6.07) is 4.74. The van der Waals surface area contributed by atoms with Crippen molar-refractivity contribution in [1.82, 2.24) is 9.97 Å². The molecule has 94 valence electrons. The van der Waals surface area contributed by atoms with Gasteiger partial charge in [-0.2, -0.15) is 0 Å². The SMILES string of the molecule is CNc1nc(C)nc(-c2ccc(F)cc2C)c1C. The molecule has 0 bridgehead atoms. The van der Waals surface area contributed by atoms with Crippen molar-refractivity contribution < 1.29 is 4.39 Å². The first-order chi connectivity index (χ1) is 8.52. The highest BCUT2D eigenvalue weighted by molar-refractivity contribution is 5.70. The summed E-state index contributed by atoms with van der Waals surface area (Å²) in [4.78, 5) is 8.80. The average Bonchev–Trinajstić information content (AvgIpc) is 2.32. The van der Waals surface area contributed by atoms with Crippen LogP contribution in [0.2, 0.25) is 0 Å².